The summed E-state index contributed by atoms with van der Waals surface area (Å²) in [5, 5.41) is 5.48. The zero-order valence-electron chi connectivity index (χ0n) is 42.6. The molecule has 1 fully saturated rings. The maximum atomic E-state index is 7.13. The van der Waals surface area contributed by atoms with Crippen LogP contribution in [0, 0.1) is 0 Å². The average Bonchev–Trinajstić information content (AvgIpc) is 4.03. The number of para-hydroxylation sites is 3. The van der Waals surface area contributed by atoms with Crippen molar-refractivity contribution in [2.45, 2.75) is 123 Å². The number of fused-ring (bicyclic) bond motifs is 4. The van der Waals surface area contributed by atoms with Crippen LogP contribution in [0.4, 0.5) is 22.7 Å². The van der Waals surface area contributed by atoms with Gasteiger partial charge in [0, 0.05) is 45.9 Å². The summed E-state index contributed by atoms with van der Waals surface area (Å²) in [6, 6.07) is 52.4. The highest BCUT2D eigenvalue weighted by Gasteiger charge is 2.39. The Labute approximate surface area is 407 Å². The lowest BCUT2D eigenvalue weighted by molar-refractivity contribution is 0.479. The molecule has 1 aliphatic carbocycles. The third-order valence-electron chi connectivity index (χ3n) is 14.9. The van der Waals surface area contributed by atoms with E-state index in [1.54, 1.807) is 0 Å². The van der Waals surface area contributed by atoms with E-state index in [2.05, 4.69) is 235 Å². The van der Waals surface area contributed by atoms with E-state index in [4.69, 9.17) is 9.72 Å². The number of pyridine rings is 1. The van der Waals surface area contributed by atoms with Crippen molar-refractivity contribution in [1.82, 2.24) is 9.55 Å². The predicted molar refractivity (Wildman–Crippen MR) is 296 cm³/mol. The molecule has 8 aromatic rings. The molecule has 3 heterocycles. The third-order valence-corrected chi connectivity index (χ3v) is 18.9. The van der Waals surface area contributed by atoms with Crippen molar-refractivity contribution in [2.24, 2.45) is 0 Å². The minimum Gasteiger partial charge on any atom is -0.457 e. The maximum Gasteiger partial charge on any atom is 0.137 e. The molecule has 0 bridgehead atoms. The van der Waals surface area contributed by atoms with Crippen LogP contribution < -0.4 is 24.9 Å². The van der Waals surface area contributed by atoms with Crippen LogP contribution in [-0.4, -0.2) is 32.4 Å². The van der Waals surface area contributed by atoms with Gasteiger partial charge in [-0.2, -0.15) is 0 Å². The van der Waals surface area contributed by atoms with Gasteiger partial charge in [-0.05, 0) is 117 Å². The smallest absolute Gasteiger partial charge is 0.137 e. The third kappa shape index (κ3) is 8.19. The van der Waals surface area contributed by atoms with Gasteiger partial charge in [0.25, 0.3) is 0 Å². The molecule has 2 aliphatic rings. The molecule has 7 heteroatoms. The van der Waals surface area contributed by atoms with E-state index in [0.29, 0.717) is 0 Å². The first-order valence-electron chi connectivity index (χ1n) is 24.9. The van der Waals surface area contributed by atoms with Gasteiger partial charge in [-0.25, -0.2) is 4.98 Å². The first-order valence-corrected chi connectivity index (χ1v) is 31.9. The largest absolute Gasteiger partial charge is 0.457 e. The van der Waals surface area contributed by atoms with E-state index in [1.807, 2.05) is 6.20 Å². The van der Waals surface area contributed by atoms with Crippen molar-refractivity contribution in [2.75, 3.05) is 16.5 Å². The molecule has 0 amide bonds. The first kappa shape index (κ1) is 45.9. The molecule has 348 valence electrons. The van der Waals surface area contributed by atoms with Gasteiger partial charge in [0.05, 0.1) is 38.6 Å². The Morgan fingerprint density at radius 2 is 1.18 bits per heavy atom. The van der Waals surface area contributed by atoms with Gasteiger partial charge in [0.15, 0.2) is 0 Å². The highest BCUT2D eigenvalue weighted by Crippen LogP contribution is 2.49. The van der Waals surface area contributed by atoms with Crippen LogP contribution in [0.5, 0.6) is 11.5 Å². The summed E-state index contributed by atoms with van der Waals surface area (Å²) >= 11 is 0. The van der Waals surface area contributed by atoms with Crippen LogP contribution in [0.3, 0.4) is 0 Å². The molecule has 0 saturated heterocycles. The molecule has 0 N–H and O–H groups in total. The van der Waals surface area contributed by atoms with E-state index in [1.165, 1.54) is 73.3 Å². The van der Waals surface area contributed by atoms with Crippen molar-refractivity contribution >= 4 is 71.1 Å². The van der Waals surface area contributed by atoms with Crippen LogP contribution in [0.25, 0.3) is 27.6 Å². The monoisotopic (exact) mass is 931 g/mol. The molecule has 0 radical (unpaired) electrons. The van der Waals surface area contributed by atoms with E-state index in [-0.39, 0.29) is 16.2 Å². The quantitative estimate of drug-likeness (QED) is 0.135. The van der Waals surface area contributed by atoms with Crippen molar-refractivity contribution in [3.8, 4) is 17.3 Å². The van der Waals surface area contributed by atoms with E-state index < -0.39 is 16.1 Å². The number of hydrogen-bond donors (Lipinski definition) is 0. The fourth-order valence-electron chi connectivity index (χ4n) is 11.1. The van der Waals surface area contributed by atoms with Gasteiger partial charge in [-0.1, -0.05) is 160 Å². The van der Waals surface area contributed by atoms with Gasteiger partial charge in [-0.3, -0.25) is 4.57 Å². The molecule has 0 unspecified atom stereocenters. The Bertz CT molecular complexity index is 3160. The molecule has 1 aliphatic heterocycles. The van der Waals surface area contributed by atoms with Crippen LogP contribution in [0.2, 0.25) is 39.3 Å². The van der Waals surface area contributed by atoms with Gasteiger partial charge < -0.3 is 14.5 Å². The fourth-order valence-corrected chi connectivity index (χ4v) is 14.4. The standard InChI is InChI=1S/C61H70N4OSi2/c1-59(2,3)43-27-30-51-50(37-43)49-29-28-47(40-54(49)65(51)57-38-44(31-34-62-57)61(32-18-19-33-61)42-21-14-13-15-22-42)66-48-36-45(60(4,5)6)35-46(39-48)63-41-64(53-24-17-16-23-52(53)63)58-55(67(7,8)9)25-20-26-56(58)68(10,11)12/h13-17,20-31,34-40H,18-19,32-33,41H2,1-12H3. The second-order valence-corrected chi connectivity index (χ2v) is 33.9. The summed E-state index contributed by atoms with van der Waals surface area (Å²) in [7, 11) is -3.45. The Hall–Kier alpha value is -5.90. The van der Waals surface area contributed by atoms with Crippen LogP contribution in [0.15, 0.2) is 146 Å². The normalized spacial score (nSPS) is 15.4. The van der Waals surface area contributed by atoms with Crippen LogP contribution >= 0.6 is 0 Å². The van der Waals surface area contributed by atoms with Crippen molar-refractivity contribution in [3.63, 3.8) is 0 Å². The van der Waals surface area contributed by atoms with Gasteiger partial charge in [-0.15, -0.1) is 0 Å². The summed E-state index contributed by atoms with van der Waals surface area (Å²) in [5.74, 6) is 2.57. The predicted octanol–water partition coefficient (Wildman–Crippen LogP) is 15.8. The highest BCUT2D eigenvalue weighted by molar-refractivity contribution is 6.93. The van der Waals surface area contributed by atoms with Gasteiger partial charge in [0.1, 0.15) is 24.0 Å². The maximum absolute atomic E-state index is 7.13. The molecule has 68 heavy (non-hydrogen) atoms. The summed E-state index contributed by atoms with van der Waals surface area (Å²) in [4.78, 5) is 10.3. The number of rotatable bonds is 9. The number of benzene rings is 6. The zero-order chi connectivity index (χ0) is 48.0. The Morgan fingerprint density at radius 3 is 1.82 bits per heavy atom. The molecule has 0 spiro atoms. The second-order valence-electron chi connectivity index (χ2n) is 23.8. The molecule has 5 nitrogen and oxygen atoms in total. The summed E-state index contributed by atoms with van der Waals surface area (Å²) in [5.41, 5.74) is 12.4. The molecule has 1 saturated carbocycles. The molecule has 10 rings (SSSR count). The number of anilines is 4. The highest BCUT2D eigenvalue weighted by atomic mass is 28.3. The van der Waals surface area contributed by atoms with E-state index in [0.717, 1.165) is 53.5 Å². The Kier molecular flexibility index (Phi) is 11.2. The lowest BCUT2D eigenvalue weighted by Gasteiger charge is -2.34. The molecule has 2 aromatic heterocycles. The summed E-state index contributed by atoms with van der Waals surface area (Å²) < 4.78 is 9.51. The molecule has 0 atom stereocenters. The average molecular weight is 931 g/mol. The van der Waals surface area contributed by atoms with Gasteiger partial charge in [0.2, 0.25) is 0 Å². The summed E-state index contributed by atoms with van der Waals surface area (Å²) in [6.07, 6.45) is 6.77. The van der Waals surface area contributed by atoms with E-state index in [9.17, 15) is 0 Å². The van der Waals surface area contributed by atoms with Crippen molar-refractivity contribution in [1.29, 1.82) is 0 Å². The Morgan fingerprint density at radius 1 is 0.529 bits per heavy atom. The van der Waals surface area contributed by atoms with Crippen molar-refractivity contribution in [3.05, 3.63) is 168 Å². The lowest BCUT2D eigenvalue weighted by atomic mass is 9.73. The number of hydrogen-bond acceptors (Lipinski definition) is 4. The molecular formula is C61H70N4OSi2. The topological polar surface area (TPSA) is 33.5 Å². The SMILES string of the molecule is CC(C)(C)c1cc(Oc2ccc3c4cc(C(C)(C)C)ccc4n(-c4cc(C5(c6ccccc6)CCCC5)ccn4)c3c2)cc(N2CN(c3c([Si](C)(C)C)cccc3[Si](C)(C)C)c3ccccc32)c1. The lowest BCUT2D eigenvalue weighted by Crippen LogP contribution is -2.50. The number of nitrogens with zero attached hydrogens (tertiary/aromatic N) is 4. The number of aromatic nitrogens is 2. The first-order chi connectivity index (χ1) is 32.2. The zero-order valence-corrected chi connectivity index (χ0v) is 44.6. The van der Waals surface area contributed by atoms with Crippen molar-refractivity contribution < 1.29 is 4.74 Å². The summed E-state index contributed by atoms with van der Waals surface area (Å²) in [6.45, 7) is 29.4. The van der Waals surface area contributed by atoms with Gasteiger partial charge >= 0.3 is 0 Å². The number of ether oxygens (including phenoxy) is 1. The molecule has 6 aromatic carbocycles. The Balaban J connectivity index is 1.10. The van der Waals surface area contributed by atoms with Crippen LogP contribution in [-0.2, 0) is 16.2 Å². The second kappa shape index (κ2) is 16.7. The van der Waals surface area contributed by atoms with E-state index >= 15 is 0 Å². The van der Waals surface area contributed by atoms with Crippen LogP contribution in [0.1, 0.15) is 89.5 Å². The fraction of sp³-hybridized carbons (Fsp3) is 0.328. The minimum atomic E-state index is -1.72. The molecular weight excluding hydrogens is 861 g/mol. The minimum absolute atomic E-state index is 0.00530.